The number of carbonyl (C=O) groups is 1. The van der Waals surface area contributed by atoms with Gasteiger partial charge in [0.1, 0.15) is 13.2 Å². The second-order valence-corrected chi connectivity index (χ2v) is 8.97. The molecule has 1 fully saturated rings. The minimum absolute atomic E-state index is 0.0915. The highest BCUT2D eigenvalue weighted by Gasteiger charge is 2.24. The molecule has 0 unspecified atom stereocenters. The number of carbonyl (C=O) groups excluding carboxylic acids is 1. The summed E-state index contributed by atoms with van der Waals surface area (Å²) in [5, 5.41) is 12.7. The zero-order chi connectivity index (χ0) is 21.8. The van der Waals surface area contributed by atoms with Gasteiger partial charge in [0, 0.05) is 23.4 Å². The predicted molar refractivity (Wildman–Crippen MR) is 124 cm³/mol. The van der Waals surface area contributed by atoms with E-state index in [9.17, 15) is 4.79 Å². The molecule has 0 spiro atoms. The van der Waals surface area contributed by atoms with Crippen molar-refractivity contribution in [1.29, 1.82) is 0 Å². The van der Waals surface area contributed by atoms with Gasteiger partial charge >= 0.3 is 0 Å². The summed E-state index contributed by atoms with van der Waals surface area (Å²) in [6, 6.07) is 16.0. The van der Waals surface area contributed by atoms with Crippen molar-refractivity contribution in [3.05, 3.63) is 48.5 Å². The minimum Gasteiger partial charge on any atom is -0.486 e. The molecule has 8 heteroatoms. The predicted octanol–water partition coefficient (Wildman–Crippen LogP) is 4.95. The van der Waals surface area contributed by atoms with Crippen LogP contribution < -0.4 is 14.8 Å². The third kappa shape index (κ3) is 4.60. The molecule has 2 heterocycles. The number of aromatic nitrogens is 3. The van der Waals surface area contributed by atoms with Crippen molar-refractivity contribution < 1.29 is 14.3 Å². The molecular formula is C24H26N4O3S. The molecule has 2 aliphatic rings. The zero-order valence-corrected chi connectivity index (χ0v) is 18.6. The number of nitrogens with zero attached hydrogens (tertiary/aromatic N) is 3. The molecule has 0 atom stereocenters. The Balaban J connectivity index is 1.30. The van der Waals surface area contributed by atoms with Gasteiger partial charge in [0.2, 0.25) is 5.91 Å². The van der Waals surface area contributed by atoms with Gasteiger partial charge in [-0.15, -0.1) is 10.2 Å². The Hall–Kier alpha value is -3.00. The summed E-state index contributed by atoms with van der Waals surface area (Å²) >= 11 is 1.43. The Morgan fingerprint density at radius 3 is 2.59 bits per heavy atom. The average Bonchev–Trinajstić information content (AvgIpc) is 3.28. The Morgan fingerprint density at radius 1 is 1.00 bits per heavy atom. The number of fused-ring (bicyclic) bond motifs is 1. The number of anilines is 1. The maximum atomic E-state index is 12.7. The molecule has 2 aromatic carbocycles. The molecule has 1 aliphatic carbocycles. The third-order valence-electron chi connectivity index (χ3n) is 5.79. The minimum atomic E-state index is -0.0915. The van der Waals surface area contributed by atoms with Gasteiger partial charge in [-0.1, -0.05) is 61.4 Å². The second-order valence-electron chi connectivity index (χ2n) is 8.03. The van der Waals surface area contributed by atoms with Crippen LogP contribution in [0.4, 0.5) is 5.69 Å². The van der Waals surface area contributed by atoms with E-state index < -0.39 is 0 Å². The van der Waals surface area contributed by atoms with E-state index in [-0.39, 0.29) is 11.7 Å². The summed E-state index contributed by atoms with van der Waals surface area (Å²) in [5.74, 6) is 2.41. The summed E-state index contributed by atoms with van der Waals surface area (Å²) in [7, 11) is 0. The normalized spacial score (nSPS) is 16.0. The van der Waals surface area contributed by atoms with Crippen molar-refractivity contribution in [2.75, 3.05) is 24.3 Å². The molecular weight excluding hydrogens is 424 g/mol. The Morgan fingerprint density at radius 2 is 1.78 bits per heavy atom. The number of ether oxygens (including phenoxy) is 2. The zero-order valence-electron chi connectivity index (χ0n) is 17.8. The van der Waals surface area contributed by atoms with Crippen molar-refractivity contribution in [2.45, 2.75) is 43.3 Å². The molecule has 1 amide bonds. The fourth-order valence-corrected chi connectivity index (χ4v) is 5.08. The lowest BCUT2D eigenvalue weighted by molar-refractivity contribution is -0.113. The van der Waals surface area contributed by atoms with Crippen LogP contribution in [0, 0.1) is 0 Å². The van der Waals surface area contributed by atoms with Gasteiger partial charge in [-0.2, -0.15) is 0 Å². The van der Waals surface area contributed by atoms with E-state index in [2.05, 4.69) is 32.2 Å². The number of hydrogen-bond donors (Lipinski definition) is 1. The first kappa shape index (κ1) is 20.9. The number of benzene rings is 2. The van der Waals surface area contributed by atoms with Gasteiger partial charge < -0.3 is 14.8 Å². The van der Waals surface area contributed by atoms with Crippen molar-refractivity contribution in [3.63, 3.8) is 0 Å². The van der Waals surface area contributed by atoms with Crippen LogP contribution in [0.1, 0.15) is 38.1 Å². The van der Waals surface area contributed by atoms with E-state index >= 15 is 0 Å². The smallest absolute Gasteiger partial charge is 0.234 e. The summed E-state index contributed by atoms with van der Waals surface area (Å²) in [4.78, 5) is 12.7. The second kappa shape index (κ2) is 9.65. The van der Waals surface area contributed by atoms with Crippen LogP contribution in [0.3, 0.4) is 0 Å². The number of rotatable bonds is 6. The largest absolute Gasteiger partial charge is 0.486 e. The number of nitrogens with one attached hydrogen (secondary N) is 1. The summed E-state index contributed by atoms with van der Waals surface area (Å²) in [6.45, 7) is 1.06. The number of hydrogen-bond acceptors (Lipinski definition) is 6. The number of amides is 1. The van der Waals surface area contributed by atoms with Crippen molar-refractivity contribution in [2.24, 2.45) is 0 Å². The highest BCUT2D eigenvalue weighted by molar-refractivity contribution is 7.99. The lowest BCUT2D eigenvalue weighted by Crippen LogP contribution is -2.18. The monoisotopic (exact) mass is 450 g/mol. The van der Waals surface area contributed by atoms with E-state index in [1.54, 1.807) is 6.07 Å². The molecule has 1 saturated carbocycles. The van der Waals surface area contributed by atoms with Gasteiger partial charge in [0.15, 0.2) is 22.5 Å². The van der Waals surface area contributed by atoms with Crippen LogP contribution >= 0.6 is 11.8 Å². The highest BCUT2D eigenvalue weighted by Crippen LogP contribution is 2.36. The number of thioether (sulfide) groups is 1. The summed E-state index contributed by atoms with van der Waals surface area (Å²) < 4.78 is 13.4. The topological polar surface area (TPSA) is 78.3 Å². The molecule has 1 aromatic heterocycles. The third-order valence-corrected chi connectivity index (χ3v) is 6.74. The quantitative estimate of drug-likeness (QED) is 0.535. The molecule has 0 radical (unpaired) electrons. The maximum absolute atomic E-state index is 12.7. The molecule has 1 N–H and O–H groups in total. The fourth-order valence-electron chi connectivity index (χ4n) is 4.28. The van der Waals surface area contributed by atoms with E-state index in [0.717, 1.165) is 29.4 Å². The van der Waals surface area contributed by atoms with Gasteiger partial charge in [-0.05, 0) is 25.0 Å². The first-order chi connectivity index (χ1) is 15.8. The molecule has 7 nitrogen and oxygen atoms in total. The Labute approximate surface area is 191 Å². The van der Waals surface area contributed by atoms with Crippen LogP contribution in [-0.2, 0) is 4.79 Å². The Kier molecular flexibility index (Phi) is 6.29. The average molecular weight is 451 g/mol. The lowest BCUT2D eigenvalue weighted by Gasteiger charge is -2.25. The molecule has 5 rings (SSSR count). The van der Waals surface area contributed by atoms with Crippen molar-refractivity contribution >= 4 is 23.4 Å². The first-order valence-corrected chi connectivity index (χ1v) is 12.1. The van der Waals surface area contributed by atoms with Crippen LogP contribution in [0.2, 0.25) is 0 Å². The van der Waals surface area contributed by atoms with Crippen LogP contribution in [0.15, 0.2) is 53.7 Å². The maximum Gasteiger partial charge on any atom is 0.234 e. The molecule has 0 saturated heterocycles. The lowest BCUT2D eigenvalue weighted by atomic mass is 9.95. The molecule has 166 valence electrons. The van der Waals surface area contributed by atoms with E-state index in [0.29, 0.717) is 36.4 Å². The van der Waals surface area contributed by atoms with Gasteiger partial charge in [-0.3, -0.25) is 9.36 Å². The van der Waals surface area contributed by atoms with Gasteiger partial charge in [0.25, 0.3) is 0 Å². The van der Waals surface area contributed by atoms with Crippen LogP contribution in [0.5, 0.6) is 11.5 Å². The van der Waals surface area contributed by atoms with Crippen molar-refractivity contribution in [1.82, 2.24) is 14.8 Å². The molecule has 0 bridgehead atoms. The standard InChI is InChI=1S/C24H26N4O3S/c29-22(25-18-11-12-20-21(15-18)31-14-13-30-20)16-32-24-27-26-23(17-7-3-1-4-8-17)28(24)19-9-5-2-6-10-19/h1,3-4,7-8,11-12,15,19H,2,5-6,9-10,13-14,16H2,(H,25,29). The van der Waals surface area contributed by atoms with Crippen LogP contribution in [0.25, 0.3) is 11.4 Å². The van der Waals surface area contributed by atoms with E-state index in [1.165, 1.54) is 31.0 Å². The summed E-state index contributed by atoms with van der Waals surface area (Å²) in [5.41, 5.74) is 1.75. The van der Waals surface area contributed by atoms with Crippen molar-refractivity contribution in [3.8, 4) is 22.9 Å². The van der Waals surface area contributed by atoms with E-state index in [1.807, 2.05) is 30.3 Å². The van der Waals surface area contributed by atoms with Gasteiger partial charge in [-0.25, -0.2) is 0 Å². The Bertz CT molecular complexity index is 1080. The summed E-state index contributed by atoms with van der Waals surface area (Å²) in [6.07, 6.45) is 5.95. The highest BCUT2D eigenvalue weighted by atomic mass is 32.2. The van der Waals surface area contributed by atoms with E-state index in [4.69, 9.17) is 9.47 Å². The fraction of sp³-hybridized carbons (Fsp3) is 0.375. The molecule has 1 aliphatic heterocycles. The van der Waals surface area contributed by atoms with Gasteiger partial charge in [0.05, 0.1) is 5.75 Å². The molecule has 32 heavy (non-hydrogen) atoms. The SMILES string of the molecule is O=C(CSc1nnc(-c2ccccc2)n1C1CCCCC1)Nc1ccc2c(c1)OCCO2. The first-order valence-electron chi connectivity index (χ1n) is 11.1. The van der Waals surface area contributed by atoms with Crippen LogP contribution in [-0.4, -0.2) is 39.6 Å². The molecule has 3 aromatic rings.